The fraction of sp³-hybridized carbons (Fsp3) is 0.370. The summed E-state index contributed by atoms with van der Waals surface area (Å²) in [5.41, 5.74) is 4.25. The predicted octanol–water partition coefficient (Wildman–Crippen LogP) is 3.23. The molecule has 5 rings (SSSR count). The monoisotopic (exact) mass is 490 g/mol. The van der Waals surface area contributed by atoms with Crippen molar-refractivity contribution < 1.29 is 23.9 Å². The molecule has 1 saturated heterocycles. The molecule has 0 saturated carbocycles. The van der Waals surface area contributed by atoms with Gasteiger partial charge in [-0.15, -0.1) is 0 Å². The summed E-state index contributed by atoms with van der Waals surface area (Å²) in [5.74, 6) is 0.555. The average Bonchev–Trinajstić information content (AvgIpc) is 3.39. The number of carbonyl (C=O) groups is 3. The van der Waals surface area contributed by atoms with E-state index in [0.29, 0.717) is 17.9 Å². The number of carbonyl (C=O) groups excluding carboxylic acids is 3. The lowest BCUT2D eigenvalue weighted by Crippen LogP contribution is -2.38. The number of fused-ring (bicyclic) bond motifs is 3. The fourth-order valence-corrected chi connectivity index (χ4v) is 5.20. The van der Waals surface area contributed by atoms with Crippen molar-refractivity contribution in [1.29, 1.82) is 0 Å². The summed E-state index contributed by atoms with van der Waals surface area (Å²) in [6.45, 7) is 0.208. The van der Waals surface area contributed by atoms with Crippen LogP contribution in [0.5, 0.6) is 11.5 Å². The standard InChI is InChI=1S/C27H30N4O5/c1-35-22-11-10-16(14-23(22)36-2)12-13-31-26(33)21(30-27(31)34)15-24(32)28-20-9-5-7-18-17-6-3-4-8-19(17)29-25(18)20/h3-4,6,8,10-11,14,20-21,29H,5,7,9,12-13,15H2,1-2H3,(H,28,32)(H,30,34)/t20-,21+/m0/s1. The highest BCUT2D eigenvalue weighted by Crippen LogP contribution is 2.34. The zero-order chi connectivity index (χ0) is 25.2. The maximum Gasteiger partial charge on any atom is 0.324 e. The summed E-state index contributed by atoms with van der Waals surface area (Å²) >= 11 is 0. The quantitative estimate of drug-likeness (QED) is 0.420. The lowest BCUT2D eigenvalue weighted by molar-refractivity contribution is -0.131. The number of aromatic nitrogens is 1. The summed E-state index contributed by atoms with van der Waals surface area (Å²) in [6.07, 6.45) is 3.14. The first-order valence-corrected chi connectivity index (χ1v) is 12.2. The van der Waals surface area contributed by atoms with Gasteiger partial charge in [0.1, 0.15) is 6.04 Å². The number of imide groups is 1. The molecular formula is C27H30N4O5. The Kier molecular flexibility index (Phi) is 6.54. The first kappa shape index (κ1) is 23.7. The number of urea groups is 1. The van der Waals surface area contributed by atoms with Crippen LogP contribution in [0.1, 0.15) is 42.1 Å². The second-order valence-electron chi connectivity index (χ2n) is 9.21. The van der Waals surface area contributed by atoms with Gasteiger partial charge < -0.3 is 25.1 Å². The third kappa shape index (κ3) is 4.48. The number of nitrogens with zero attached hydrogens (tertiary/aromatic N) is 1. The van der Waals surface area contributed by atoms with E-state index in [-0.39, 0.29) is 30.8 Å². The summed E-state index contributed by atoms with van der Waals surface area (Å²) in [5, 5.41) is 6.93. The van der Waals surface area contributed by atoms with E-state index in [1.54, 1.807) is 20.3 Å². The van der Waals surface area contributed by atoms with Gasteiger partial charge in [-0.05, 0) is 55.0 Å². The molecule has 1 fully saturated rings. The van der Waals surface area contributed by atoms with E-state index in [4.69, 9.17) is 9.47 Å². The van der Waals surface area contributed by atoms with Gasteiger partial charge in [0, 0.05) is 23.1 Å². The molecule has 0 spiro atoms. The molecule has 1 aliphatic carbocycles. The zero-order valence-electron chi connectivity index (χ0n) is 20.4. The Morgan fingerprint density at radius 2 is 1.92 bits per heavy atom. The SMILES string of the molecule is COc1ccc(CCN2C(=O)N[C@H](CC(=O)N[C@H]3CCCc4c3[nH]c3ccccc43)C2=O)cc1OC. The Morgan fingerprint density at radius 3 is 2.72 bits per heavy atom. The molecule has 3 aromatic rings. The van der Waals surface area contributed by atoms with Crippen LogP contribution in [0.25, 0.3) is 10.9 Å². The lowest BCUT2D eigenvalue weighted by atomic mass is 9.91. The molecular weight excluding hydrogens is 460 g/mol. The van der Waals surface area contributed by atoms with Crippen LogP contribution in [0.2, 0.25) is 0 Å². The highest BCUT2D eigenvalue weighted by Gasteiger charge is 2.39. The van der Waals surface area contributed by atoms with Crippen molar-refractivity contribution in [2.24, 2.45) is 0 Å². The van der Waals surface area contributed by atoms with Crippen molar-refractivity contribution in [3.05, 3.63) is 59.3 Å². The molecule has 9 nitrogen and oxygen atoms in total. The Labute approximate surface area is 209 Å². The lowest BCUT2D eigenvalue weighted by Gasteiger charge is -2.24. The molecule has 188 valence electrons. The summed E-state index contributed by atoms with van der Waals surface area (Å²) in [7, 11) is 3.12. The number of rotatable bonds is 8. The largest absolute Gasteiger partial charge is 0.493 e. The smallest absolute Gasteiger partial charge is 0.324 e. The molecule has 3 N–H and O–H groups in total. The number of ether oxygens (including phenoxy) is 2. The molecule has 2 heterocycles. The molecule has 36 heavy (non-hydrogen) atoms. The molecule has 0 unspecified atom stereocenters. The fourth-order valence-electron chi connectivity index (χ4n) is 5.20. The van der Waals surface area contributed by atoms with Crippen molar-refractivity contribution in [1.82, 2.24) is 20.5 Å². The Balaban J connectivity index is 1.20. The molecule has 2 aliphatic rings. The number of benzene rings is 2. The third-order valence-corrected chi connectivity index (χ3v) is 7.02. The maximum absolute atomic E-state index is 12.9. The van der Waals surface area contributed by atoms with E-state index in [2.05, 4.69) is 21.7 Å². The summed E-state index contributed by atoms with van der Waals surface area (Å²) < 4.78 is 10.6. The van der Waals surface area contributed by atoms with Gasteiger partial charge in [0.2, 0.25) is 5.91 Å². The van der Waals surface area contributed by atoms with Crippen molar-refractivity contribution in [3.8, 4) is 11.5 Å². The highest BCUT2D eigenvalue weighted by molar-refractivity contribution is 6.05. The topological polar surface area (TPSA) is 113 Å². The molecule has 0 radical (unpaired) electrons. The second-order valence-corrected chi connectivity index (χ2v) is 9.21. The highest BCUT2D eigenvalue weighted by atomic mass is 16.5. The van der Waals surface area contributed by atoms with Gasteiger partial charge >= 0.3 is 6.03 Å². The van der Waals surface area contributed by atoms with E-state index in [0.717, 1.165) is 36.0 Å². The van der Waals surface area contributed by atoms with Gasteiger partial charge in [-0.2, -0.15) is 0 Å². The number of H-pyrrole nitrogens is 1. The average molecular weight is 491 g/mol. The van der Waals surface area contributed by atoms with Gasteiger partial charge in [-0.3, -0.25) is 14.5 Å². The first-order chi connectivity index (χ1) is 17.5. The van der Waals surface area contributed by atoms with Gasteiger partial charge in [0.25, 0.3) is 5.91 Å². The van der Waals surface area contributed by atoms with Crippen LogP contribution in [0, 0.1) is 0 Å². The van der Waals surface area contributed by atoms with E-state index < -0.39 is 12.1 Å². The minimum absolute atomic E-state index is 0.0938. The number of hydrogen-bond donors (Lipinski definition) is 3. The van der Waals surface area contributed by atoms with Crippen LogP contribution >= 0.6 is 0 Å². The first-order valence-electron chi connectivity index (χ1n) is 12.2. The normalized spacial score (nSPS) is 19.2. The molecule has 1 aromatic heterocycles. The number of methoxy groups -OCH3 is 2. The molecule has 2 aromatic carbocycles. The van der Waals surface area contributed by atoms with Crippen LogP contribution in [-0.4, -0.2) is 54.5 Å². The minimum atomic E-state index is -0.867. The molecule has 1 aliphatic heterocycles. The van der Waals surface area contributed by atoms with Crippen molar-refractivity contribution in [2.45, 2.75) is 44.2 Å². The van der Waals surface area contributed by atoms with Crippen LogP contribution < -0.4 is 20.1 Å². The number of nitrogens with one attached hydrogen (secondary N) is 3. The minimum Gasteiger partial charge on any atom is -0.493 e. The van der Waals surface area contributed by atoms with Crippen molar-refractivity contribution in [3.63, 3.8) is 0 Å². The Bertz CT molecular complexity index is 1320. The van der Waals surface area contributed by atoms with Gasteiger partial charge in [0.15, 0.2) is 11.5 Å². The number of para-hydroxylation sites is 1. The van der Waals surface area contributed by atoms with E-state index >= 15 is 0 Å². The van der Waals surface area contributed by atoms with Crippen LogP contribution in [-0.2, 0) is 22.4 Å². The Hall–Kier alpha value is -4.01. The predicted molar refractivity (Wildman–Crippen MR) is 134 cm³/mol. The van der Waals surface area contributed by atoms with Crippen LogP contribution in [0.15, 0.2) is 42.5 Å². The third-order valence-electron chi connectivity index (χ3n) is 7.02. The number of aromatic amines is 1. The van der Waals surface area contributed by atoms with E-state index in [1.165, 1.54) is 15.8 Å². The van der Waals surface area contributed by atoms with Crippen molar-refractivity contribution in [2.75, 3.05) is 20.8 Å². The molecule has 4 amide bonds. The number of hydrogen-bond acceptors (Lipinski definition) is 5. The summed E-state index contributed by atoms with van der Waals surface area (Å²) in [4.78, 5) is 42.9. The Morgan fingerprint density at radius 1 is 1.11 bits per heavy atom. The van der Waals surface area contributed by atoms with Gasteiger partial charge in [-0.25, -0.2) is 4.79 Å². The second kappa shape index (κ2) is 9.93. The maximum atomic E-state index is 12.9. The molecule has 2 atom stereocenters. The number of aryl methyl sites for hydroxylation is 1. The summed E-state index contributed by atoms with van der Waals surface area (Å²) in [6, 6.07) is 12.1. The van der Waals surface area contributed by atoms with E-state index in [9.17, 15) is 14.4 Å². The van der Waals surface area contributed by atoms with E-state index in [1.807, 2.05) is 30.3 Å². The van der Waals surface area contributed by atoms with Gasteiger partial charge in [0.05, 0.1) is 26.7 Å². The zero-order valence-corrected chi connectivity index (χ0v) is 20.4. The van der Waals surface area contributed by atoms with Crippen molar-refractivity contribution >= 4 is 28.7 Å². The molecule has 9 heteroatoms. The van der Waals surface area contributed by atoms with Crippen LogP contribution in [0.4, 0.5) is 4.79 Å². The van der Waals surface area contributed by atoms with Gasteiger partial charge in [-0.1, -0.05) is 24.3 Å². The molecule has 0 bridgehead atoms. The van der Waals surface area contributed by atoms with Crippen LogP contribution in [0.3, 0.4) is 0 Å². The number of amides is 4.